The monoisotopic (exact) mass is 226 g/mol. The predicted octanol–water partition coefficient (Wildman–Crippen LogP) is 3.81. The average molecular weight is 227 g/mol. The highest BCUT2D eigenvalue weighted by Crippen LogP contribution is 2.30. The van der Waals surface area contributed by atoms with Crippen LogP contribution in [-0.4, -0.2) is 5.92 Å². The molecule has 0 saturated heterocycles. The van der Waals surface area contributed by atoms with Gasteiger partial charge in [0.2, 0.25) is 0 Å². The van der Waals surface area contributed by atoms with E-state index in [4.69, 9.17) is 18.0 Å². The van der Waals surface area contributed by atoms with E-state index in [0.717, 1.165) is 6.92 Å². The smallest absolute Gasteiger partial charge is 0.202 e. The molecule has 0 heterocycles. The van der Waals surface area contributed by atoms with E-state index in [2.05, 4.69) is 11.7 Å². The summed E-state index contributed by atoms with van der Waals surface area (Å²) in [5, 5.41) is 0.473. The molecule has 0 N–H and O–H groups in total. The second-order valence-corrected chi connectivity index (χ2v) is 3.64. The minimum atomic E-state index is -2.99. The second kappa shape index (κ2) is 4.49. The Labute approximate surface area is 92.6 Å². The van der Waals surface area contributed by atoms with E-state index in [-0.39, 0.29) is 11.1 Å². The van der Waals surface area contributed by atoms with Gasteiger partial charge in [0.1, 0.15) is 0 Å². The van der Waals surface area contributed by atoms with Crippen molar-refractivity contribution in [2.45, 2.75) is 19.3 Å². The van der Waals surface area contributed by atoms with Gasteiger partial charge in [-0.2, -0.15) is 0 Å². The van der Waals surface area contributed by atoms with Crippen molar-refractivity contribution in [2.75, 3.05) is 0 Å². The number of allylic oxidation sites excluding steroid dienone is 5. The predicted molar refractivity (Wildman–Crippen MR) is 57.7 cm³/mol. The topological polar surface area (TPSA) is 0 Å². The Kier molecular flexibility index (Phi) is 3.52. The minimum Gasteiger partial charge on any atom is -0.202 e. The lowest BCUT2D eigenvalue weighted by Gasteiger charge is -2.14. The van der Waals surface area contributed by atoms with Crippen molar-refractivity contribution >= 4 is 11.6 Å². The van der Waals surface area contributed by atoms with Crippen LogP contribution in [0.25, 0.3) is 0 Å². The zero-order chi connectivity index (χ0) is 11.5. The average Bonchev–Trinajstić information content (AvgIpc) is 2.09. The van der Waals surface area contributed by atoms with Crippen LogP contribution >= 0.6 is 11.6 Å². The molecule has 0 fully saturated rings. The van der Waals surface area contributed by atoms with Crippen LogP contribution in [-0.2, 0) is 0 Å². The van der Waals surface area contributed by atoms with Crippen molar-refractivity contribution in [3.05, 3.63) is 40.1 Å². The van der Waals surface area contributed by atoms with E-state index in [0.29, 0.717) is 11.5 Å². The van der Waals surface area contributed by atoms with Gasteiger partial charge in [0.05, 0.1) is 5.57 Å². The van der Waals surface area contributed by atoms with Crippen LogP contribution in [0.15, 0.2) is 40.1 Å². The molecule has 1 rings (SSSR count). The standard InChI is InChI=1S/C12H9ClF2/c1-3-9-5-4-6-10(13)7-8-11(9)12(2,14)15/h1,4,7-8H,6H2,2H3/b10-7+,11-8?. The van der Waals surface area contributed by atoms with Crippen molar-refractivity contribution < 1.29 is 8.78 Å². The molecule has 15 heavy (non-hydrogen) atoms. The number of terminal acetylenes is 1. The molecule has 3 heteroatoms. The Morgan fingerprint density at radius 3 is 2.73 bits per heavy atom. The van der Waals surface area contributed by atoms with E-state index >= 15 is 0 Å². The van der Waals surface area contributed by atoms with Crippen LogP contribution < -0.4 is 0 Å². The fraction of sp³-hybridized carbons (Fsp3) is 0.250. The lowest BCUT2D eigenvalue weighted by atomic mass is 10.00. The zero-order valence-electron chi connectivity index (χ0n) is 8.15. The fourth-order valence-electron chi connectivity index (χ4n) is 1.14. The van der Waals surface area contributed by atoms with Crippen LogP contribution in [0.1, 0.15) is 13.3 Å². The first kappa shape index (κ1) is 11.8. The Morgan fingerprint density at radius 2 is 2.20 bits per heavy atom. The summed E-state index contributed by atoms with van der Waals surface area (Å²) in [6, 6.07) is 0. The lowest BCUT2D eigenvalue weighted by molar-refractivity contribution is 0.0666. The third kappa shape index (κ3) is 3.09. The summed E-state index contributed by atoms with van der Waals surface area (Å²) in [6.45, 7) is 0.793. The first-order valence-electron chi connectivity index (χ1n) is 4.32. The van der Waals surface area contributed by atoms with E-state index in [1.54, 1.807) is 6.08 Å². The molecular weight excluding hydrogens is 218 g/mol. The highest BCUT2D eigenvalue weighted by molar-refractivity contribution is 6.29. The molecule has 0 radical (unpaired) electrons. The summed E-state index contributed by atoms with van der Waals surface area (Å²) in [7, 11) is 0. The Hall–Kier alpha value is -1.29. The quantitative estimate of drug-likeness (QED) is 0.471. The van der Waals surface area contributed by atoms with Gasteiger partial charge in [-0.15, -0.1) is 12.2 Å². The van der Waals surface area contributed by atoms with Gasteiger partial charge in [-0.3, -0.25) is 0 Å². The van der Waals surface area contributed by atoms with Gasteiger partial charge >= 0.3 is 0 Å². The Balaban J connectivity index is 3.30. The molecule has 0 aromatic heterocycles. The minimum absolute atomic E-state index is 0.0721. The van der Waals surface area contributed by atoms with Crippen LogP contribution in [0.3, 0.4) is 0 Å². The molecule has 0 aliphatic heterocycles. The first-order valence-corrected chi connectivity index (χ1v) is 4.69. The molecule has 0 saturated carbocycles. The maximum absolute atomic E-state index is 13.2. The van der Waals surface area contributed by atoms with Gasteiger partial charge in [0.15, 0.2) is 0 Å². The van der Waals surface area contributed by atoms with Crippen molar-refractivity contribution in [3.63, 3.8) is 0 Å². The van der Waals surface area contributed by atoms with Crippen molar-refractivity contribution in [3.8, 4) is 12.3 Å². The highest BCUT2D eigenvalue weighted by Gasteiger charge is 2.29. The van der Waals surface area contributed by atoms with Gasteiger partial charge < -0.3 is 0 Å². The molecule has 0 unspecified atom stereocenters. The van der Waals surface area contributed by atoms with Crippen LogP contribution in [0.2, 0.25) is 0 Å². The molecule has 0 aromatic rings. The molecule has 0 bridgehead atoms. The van der Waals surface area contributed by atoms with E-state index < -0.39 is 5.92 Å². The summed E-state index contributed by atoms with van der Waals surface area (Å²) in [4.78, 5) is 0. The van der Waals surface area contributed by atoms with Crippen LogP contribution in [0.4, 0.5) is 8.78 Å². The molecule has 1 aliphatic carbocycles. The Morgan fingerprint density at radius 1 is 1.53 bits per heavy atom. The summed E-state index contributed by atoms with van der Waals surface area (Å²) in [6.07, 6.45) is 9.83. The van der Waals surface area contributed by atoms with Gasteiger partial charge in [0, 0.05) is 23.9 Å². The zero-order valence-corrected chi connectivity index (χ0v) is 8.91. The summed E-state index contributed by atoms with van der Waals surface area (Å²) < 4.78 is 26.3. The molecular formula is C12H9ClF2. The molecule has 78 valence electrons. The van der Waals surface area contributed by atoms with Gasteiger partial charge in [-0.1, -0.05) is 17.5 Å². The fourth-order valence-corrected chi connectivity index (χ4v) is 1.28. The van der Waals surface area contributed by atoms with E-state index in [1.165, 1.54) is 12.2 Å². The summed E-state index contributed by atoms with van der Waals surface area (Å²) >= 11 is 5.74. The third-order valence-electron chi connectivity index (χ3n) is 1.86. The number of alkyl halides is 2. The highest BCUT2D eigenvalue weighted by atomic mass is 35.5. The SMILES string of the molecule is C#CC1=C=CC/C(Cl)=C\C=C1C(C)(F)F. The molecule has 0 spiro atoms. The third-order valence-corrected chi connectivity index (χ3v) is 2.14. The number of halogens is 3. The second-order valence-electron chi connectivity index (χ2n) is 3.15. The van der Waals surface area contributed by atoms with Gasteiger partial charge in [-0.05, 0) is 18.2 Å². The maximum atomic E-state index is 13.2. The largest absolute Gasteiger partial charge is 0.272 e. The van der Waals surface area contributed by atoms with Crippen LogP contribution in [0, 0.1) is 12.3 Å². The van der Waals surface area contributed by atoms with Crippen molar-refractivity contribution in [2.24, 2.45) is 0 Å². The van der Waals surface area contributed by atoms with E-state index in [1.807, 2.05) is 0 Å². The molecule has 1 aliphatic rings. The summed E-state index contributed by atoms with van der Waals surface area (Å²) in [5.74, 6) is -0.796. The molecule has 0 amide bonds. The molecule has 0 atom stereocenters. The van der Waals surface area contributed by atoms with Gasteiger partial charge in [-0.25, -0.2) is 8.78 Å². The van der Waals surface area contributed by atoms with Crippen molar-refractivity contribution in [1.29, 1.82) is 0 Å². The molecule has 0 nitrogen and oxygen atoms in total. The van der Waals surface area contributed by atoms with Crippen molar-refractivity contribution in [1.82, 2.24) is 0 Å². The van der Waals surface area contributed by atoms with Crippen LogP contribution in [0.5, 0.6) is 0 Å². The first-order chi connectivity index (χ1) is 6.95. The van der Waals surface area contributed by atoms with Gasteiger partial charge in [0.25, 0.3) is 5.92 Å². The molecule has 0 aromatic carbocycles. The lowest BCUT2D eigenvalue weighted by Crippen LogP contribution is -2.15. The normalized spacial score (nSPS) is 20.3. The van der Waals surface area contributed by atoms with E-state index in [9.17, 15) is 8.78 Å². The number of rotatable bonds is 1. The number of hydrogen-bond donors (Lipinski definition) is 0. The number of hydrogen-bond acceptors (Lipinski definition) is 0. The Bertz CT molecular complexity index is 422. The summed E-state index contributed by atoms with van der Waals surface area (Å²) in [5.41, 5.74) is 2.48. The maximum Gasteiger partial charge on any atom is 0.272 e.